The molecule has 6 heteroatoms. The summed E-state index contributed by atoms with van der Waals surface area (Å²) in [5.41, 5.74) is 0. The fourth-order valence-corrected chi connectivity index (χ4v) is 2.73. The molecule has 0 aliphatic heterocycles. The first-order valence-electron chi connectivity index (χ1n) is 7.18. The van der Waals surface area contributed by atoms with Crippen LogP contribution >= 0.6 is 11.3 Å². The van der Waals surface area contributed by atoms with E-state index >= 15 is 0 Å². The molecule has 1 amide bonds. The summed E-state index contributed by atoms with van der Waals surface area (Å²) in [6.07, 6.45) is 4.59. The Labute approximate surface area is 129 Å². The zero-order chi connectivity index (χ0) is 15.1. The van der Waals surface area contributed by atoms with Gasteiger partial charge in [-0.3, -0.25) is 9.48 Å². The van der Waals surface area contributed by atoms with Crippen molar-refractivity contribution in [1.29, 1.82) is 0 Å². The lowest BCUT2D eigenvalue weighted by atomic mass is 10.2. The second kappa shape index (κ2) is 7.95. The fraction of sp³-hybridized carbons (Fsp3) is 0.467. The van der Waals surface area contributed by atoms with Crippen LogP contribution in [-0.4, -0.2) is 34.8 Å². The van der Waals surface area contributed by atoms with Crippen LogP contribution in [-0.2, 0) is 11.2 Å². The fourth-order valence-electron chi connectivity index (χ4n) is 2.02. The Bertz CT molecular complexity index is 524. The van der Waals surface area contributed by atoms with Gasteiger partial charge in [0.15, 0.2) is 0 Å². The minimum atomic E-state index is 0.0334. The van der Waals surface area contributed by atoms with Crippen molar-refractivity contribution in [3.05, 3.63) is 40.8 Å². The summed E-state index contributed by atoms with van der Waals surface area (Å²) < 4.78 is 1.90. The Hall–Kier alpha value is -1.66. The number of nitrogens with zero attached hydrogens (tertiary/aromatic N) is 2. The first kappa shape index (κ1) is 15.7. The molecule has 0 bridgehead atoms. The van der Waals surface area contributed by atoms with E-state index in [1.54, 1.807) is 17.5 Å². The number of nitrogens with one attached hydrogen (secondary N) is 2. The summed E-state index contributed by atoms with van der Waals surface area (Å²) in [4.78, 5) is 13.1. The topological polar surface area (TPSA) is 59.0 Å². The maximum atomic E-state index is 11.8. The van der Waals surface area contributed by atoms with Crippen LogP contribution in [0.3, 0.4) is 0 Å². The summed E-state index contributed by atoms with van der Waals surface area (Å²) >= 11 is 1.72. The van der Waals surface area contributed by atoms with Crippen LogP contribution < -0.4 is 10.6 Å². The number of thiophene rings is 1. The number of carbonyl (C=O) groups excluding carboxylic acids is 1. The Balaban J connectivity index is 1.64. The van der Waals surface area contributed by atoms with E-state index in [4.69, 9.17) is 0 Å². The monoisotopic (exact) mass is 306 g/mol. The van der Waals surface area contributed by atoms with Gasteiger partial charge >= 0.3 is 0 Å². The normalized spacial score (nSPS) is 13.8. The highest BCUT2D eigenvalue weighted by Crippen LogP contribution is 2.09. The van der Waals surface area contributed by atoms with Crippen molar-refractivity contribution in [3.63, 3.8) is 0 Å². The molecular formula is C15H22N4OS. The predicted molar refractivity (Wildman–Crippen MR) is 85.4 cm³/mol. The van der Waals surface area contributed by atoms with Gasteiger partial charge in [-0.2, -0.15) is 5.10 Å². The van der Waals surface area contributed by atoms with E-state index in [9.17, 15) is 4.79 Å². The molecule has 0 spiro atoms. The molecule has 0 fully saturated rings. The molecule has 0 aromatic carbocycles. The van der Waals surface area contributed by atoms with Crippen LogP contribution in [0, 0.1) is 0 Å². The van der Waals surface area contributed by atoms with Crippen molar-refractivity contribution in [2.24, 2.45) is 0 Å². The van der Waals surface area contributed by atoms with Gasteiger partial charge in [-0.15, -0.1) is 11.3 Å². The number of hydrogen-bond acceptors (Lipinski definition) is 4. The SMILES string of the molecule is C[C@@H](NCC(=O)NCCc1cccs1)[C@H](C)n1cccn1. The van der Waals surface area contributed by atoms with E-state index in [1.807, 2.05) is 23.0 Å². The smallest absolute Gasteiger partial charge is 0.233 e. The van der Waals surface area contributed by atoms with E-state index in [-0.39, 0.29) is 18.0 Å². The molecule has 0 radical (unpaired) electrons. The van der Waals surface area contributed by atoms with Crippen LogP contribution in [0.4, 0.5) is 0 Å². The highest BCUT2D eigenvalue weighted by atomic mass is 32.1. The Kier molecular flexibility index (Phi) is 5.95. The number of carbonyl (C=O) groups is 1. The van der Waals surface area contributed by atoms with Gasteiger partial charge in [0.25, 0.3) is 0 Å². The third-order valence-electron chi connectivity index (χ3n) is 3.52. The van der Waals surface area contributed by atoms with Crippen LogP contribution in [0.2, 0.25) is 0 Å². The van der Waals surface area contributed by atoms with Gasteiger partial charge in [0.1, 0.15) is 0 Å². The standard InChI is InChI=1S/C15H22N4OS/c1-12(13(2)19-9-4-7-18-19)17-11-15(20)16-8-6-14-5-3-10-21-14/h3-5,7,9-10,12-13,17H,6,8,11H2,1-2H3,(H,16,20)/t12-,13+/m1/s1. The summed E-state index contributed by atoms with van der Waals surface area (Å²) in [5, 5.41) is 12.4. The first-order chi connectivity index (χ1) is 10.2. The molecule has 0 unspecified atom stereocenters. The van der Waals surface area contributed by atoms with E-state index in [2.05, 4.69) is 41.0 Å². The van der Waals surface area contributed by atoms with Gasteiger partial charge in [-0.05, 0) is 37.8 Å². The van der Waals surface area contributed by atoms with Crippen LogP contribution in [0.15, 0.2) is 36.0 Å². The van der Waals surface area contributed by atoms with Crippen molar-refractivity contribution in [3.8, 4) is 0 Å². The minimum Gasteiger partial charge on any atom is -0.355 e. The molecule has 2 heterocycles. The second-order valence-electron chi connectivity index (χ2n) is 5.08. The molecule has 2 rings (SSSR count). The molecule has 0 aliphatic carbocycles. The summed E-state index contributed by atoms with van der Waals surface area (Å²) in [6, 6.07) is 6.40. The van der Waals surface area contributed by atoms with Gasteiger partial charge in [0.2, 0.25) is 5.91 Å². The van der Waals surface area contributed by atoms with E-state index in [0.29, 0.717) is 13.1 Å². The maximum Gasteiger partial charge on any atom is 0.233 e. The zero-order valence-electron chi connectivity index (χ0n) is 12.5. The van der Waals surface area contributed by atoms with Crippen LogP contribution in [0.25, 0.3) is 0 Å². The van der Waals surface area contributed by atoms with Crippen molar-refractivity contribution in [2.45, 2.75) is 32.4 Å². The molecule has 2 aromatic heterocycles. The van der Waals surface area contributed by atoms with Crippen molar-refractivity contribution >= 4 is 17.2 Å². The number of aromatic nitrogens is 2. The largest absolute Gasteiger partial charge is 0.355 e. The highest BCUT2D eigenvalue weighted by molar-refractivity contribution is 7.09. The molecule has 114 valence electrons. The molecule has 2 atom stereocenters. The van der Waals surface area contributed by atoms with Gasteiger partial charge in [0.05, 0.1) is 12.6 Å². The molecular weight excluding hydrogens is 284 g/mol. The number of amides is 1. The lowest BCUT2D eigenvalue weighted by Gasteiger charge is -2.21. The van der Waals surface area contributed by atoms with Gasteiger partial charge < -0.3 is 10.6 Å². The molecule has 2 N–H and O–H groups in total. The minimum absolute atomic E-state index is 0.0334. The highest BCUT2D eigenvalue weighted by Gasteiger charge is 2.14. The van der Waals surface area contributed by atoms with E-state index in [0.717, 1.165) is 6.42 Å². The number of rotatable bonds is 8. The van der Waals surface area contributed by atoms with Gasteiger partial charge in [0, 0.05) is 29.9 Å². The predicted octanol–water partition coefficient (Wildman–Crippen LogP) is 1.84. The average molecular weight is 306 g/mol. The Morgan fingerprint density at radius 2 is 2.29 bits per heavy atom. The second-order valence-corrected chi connectivity index (χ2v) is 6.11. The average Bonchev–Trinajstić information content (AvgIpc) is 3.16. The van der Waals surface area contributed by atoms with Crippen LogP contribution in [0.5, 0.6) is 0 Å². The van der Waals surface area contributed by atoms with Crippen molar-refractivity contribution in [1.82, 2.24) is 20.4 Å². The number of hydrogen-bond donors (Lipinski definition) is 2. The summed E-state index contributed by atoms with van der Waals surface area (Å²) in [6.45, 7) is 5.16. The Morgan fingerprint density at radius 1 is 1.43 bits per heavy atom. The first-order valence-corrected chi connectivity index (χ1v) is 8.06. The quantitative estimate of drug-likeness (QED) is 0.782. The van der Waals surface area contributed by atoms with Crippen molar-refractivity contribution in [2.75, 3.05) is 13.1 Å². The summed E-state index contributed by atoms with van der Waals surface area (Å²) in [5.74, 6) is 0.0334. The Morgan fingerprint density at radius 3 is 2.95 bits per heavy atom. The van der Waals surface area contributed by atoms with E-state index in [1.165, 1.54) is 4.88 Å². The summed E-state index contributed by atoms with van der Waals surface area (Å²) in [7, 11) is 0. The zero-order valence-corrected chi connectivity index (χ0v) is 13.3. The van der Waals surface area contributed by atoms with E-state index < -0.39 is 0 Å². The van der Waals surface area contributed by atoms with Crippen LogP contribution in [0.1, 0.15) is 24.8 Å². The van der Waals surface area contributed by atoms with Gasteiger partial charge in [-0.25, -0.2) is 0 Å². The maximum absolute atomic E-state index is 11.8. The van der Waals surface area contributed by atoms with Crippen molar-refractivity contribution < 1.29 is 4.79 Å². The third-order valence-corrected chi connectivity index (χ3v) is 4.46. The molecule has 2 aromatic rings. The molecule has 5 nitrogen and oxygen atoms in total. The lowest BCUT2D eigenvalue weighted by molar-refractivity contribution is -0.120. The molecule has 0 aliphatic rings. The third kappa shape index (κ3) is 4.99. The van der Waals surface area contributed by atoms with Gasteiger partial charge in [-0.1, -0.05) is 6.07 Å². The molecule has 0 saturated heterocycles. The lowest BCUT2D eigenvalue weighted by Crippen LogP contribution is -2.41. The molecule has 0 saturated carbocycles. The molecule has 21 heavy (non-hydrogen) atoms.